The molecule has 0 bridgehead atoms. The van der Waals surface area contributed by atoms with E-state index in [1.165, 1.54) is 12.8 Å². The van der Waals surface area contributed by atoms with Gasteiger partial charge in [-0.15, -0.1) is 0 Å². The maximum Gasteiger partial charge on any atom is 0.146 e. The largest absolute Gasteiger partial charge is 0.355 e. The van der Waals surface area contributed by atoms with E-state index in [1.807, 2.05) is 24.4 Å². The maximum absolute atomic E-state index is 9.29. The fourth-order valence-corrected chi connectivity index (χ4v) is 3.17. The van der Waals surface area contributed by atoms with Gasteiger partial charge in [0.15, 0.2) is 0 Å². The van der Waals surface area contributed by atoms with Crippen molar-refractivity contribution in [2.45, 2.75) is 25.2 Å². The summed E-state index contributed by atoms with van der Waals surface area (Å²) in [6, 6.07) is 7.89. The molecular formula is C18H20N6. The van der Waals surface area contributed by atoms with Crippen molar-refractivity contribution in [3.8, 4) is 6.07 Å². The molecule has 6 nitrogen and oxygen atoms in total. The van der Waals surface area contributed by atoms with Gasteiger partial charge >= 0.3 is 0 Å². The number of pyridine rings is 1. The quantitative estimate of drug-likeness (QED) is 0.864. The van der Waals surface area contributed by atoms with Gasteiger partial charge in [0.05, 0.1) is 5.56 Å². The van der Waals surface area contributed by atoms with Crippen LogP contribution in [0.5, 0.6) is 0 Å². The van der Waals surface area contributed by atoms with E-state index in [0.29, 0.717) is 11.5 Å². The van der Waals surface area contributed by atoms with E-state index >= 15 is 0 Å². The molecule has 0 atom stereocenters. The molecule has 0 N–H and O–H groups in total. The molecule has 1 saturated carbocycles. The van der Waals surface area contributed by atoms with Crippen LogP contribution in [0.3, 0.4) is 0 Å². The van der Waals surface area contributed by atoms with Crippen molar-refractivity contribution in [2.24, 2.45) is 0 Å². The average Bonchev–Trinajstić information content (AvgIpc) is 3.48. The number of anilines is 2. The van der Waals surface area contributed by atoms with E-state index in [4.69, 9.17) is 4.98 Å². The SMILES string of the molecule is N#Cc1cccnc1N1CCCN(c2ccnc(C3CC3)n2)CC1. The number of nitrogens with zero attached hydrogens (tertiary/aromatic N) is 6. The summed E-state index contributed by atoms with van der Waals surface area (Å²) in [4.78, 5) is 18.1. The fourth-order valence-electron chi connectivity index (χ4n) is 3.17. The minimum Gasteiger partial charge on any atom is -0.355 e. The van der Waals surface area contributed by atoms with Crippen molar-refractivity contribution in [1.82, 2.24) is 15.0 Å². The monoisotopic (exact) mass is 320 g/mol. The fraction of sp³-hybridized carbons (Fsp3) is 0.444. The third-order valence-electron chi connectivity index (χ3n) is 4.63. The van der Waals surface area contributed by atoms with Gasteiger partial charge in [-0.05, 0) is 37.5 Å². The molecule has 2 aromatic rings. The Bertz CT molecular complexity index is 764. The summed E-state index contributed by atoms with van der Waals surface area (Å²) in [6.07, 6.45) is 7.09. The van der Waals surface area contributed by atoms with E-state index in [1.54, 1.807) is 6.20 Å². The minimum absolute atomic E-state index is 0.570. The zero-order valence-corrected chi connectivity index (χ0v) is 13.6. The third kappa shape index (κ3) is 3.02. The first-order valence-electron chi connectivity index (χ1n) is 8.53. The smallest absolute Gasteiger partial charge is 0.146 e. The average molecular weight is 320 g/mol. The van der Waals surface area contributed by atoms with E-state index in [-0.39, 0.29) is 0 Å². The minimum atomic E-state index is 0.570. The first-order valence-corrected chi connectivity index (χ1v) is 8.53. The first-order chi connectivity index (χ1) is 11.8. The summed E-state index contributed by atoms with van der Waals surface area (Å²) in [5.74, 6) is 3.38. The Labute approximate surface area is 141 Å². The standard InChI is InChI=1S/C18H20N6/c19-13-15-3-1-7-21-18(15)24-10-2-9-23(11-12-24)16-6-8-20-17(22-16)14-4-5-14/h1,3,6-8,14H,2,4-5,9-12H2. The first kappa shape index (κ1) is 14.9. The molecule has 0 unspecified atom stereocenters. The van der Waals surface area contributed by atoms with Crippen LogP contribution < -0.4 is 9.80 Å². The van der Waals surface area contributed by atoms with Crippen LogP contribution in [0.1, 0.15) is 36.6 Å². The third-order valence-corrected chi connectivity index (χ3v) is 4.63. The van der Waals surface area contributed by atoms with Crippen LogP contribution in [-0.4, -0.2) is 41.1 Å². The molecule has 6 heteroatoms. The molecular weight excluding hydrogens is 300 g/mol. The number of nitriles is 1. The second-order valence-corrected chi connectivity index (χ2v) is 6.36. The van der Waals surface area contributed by atoms with Gasteiger partial charge < -0.3 is 9.80 Å². The van der Waals surface area contributed by atoms with Gasteiger partial charge in [0.2, 0.25) is 0 Å². The molecule has 2 aromatic heterocycles. The molecule has 2 aliphatic rings. The highest BCUT2D eigenvalue weighted by atomic mass is 15.3. The Balaban J connectivity index is 1.50. The van der Waals surface area contributed by atoms with Crippen molar-refractivity contribution in [1.29, 1.82) is 5.26 Å². The Morgan fingerprint density at radius 1 is 1.00 bits per heavy atom. The predicted octanol–water partition coefficient (Wildman–Crippen LogP) is 2.34. The molecule has 122 valence electrons. The topological polar surface area (TPSA) is 68.9 Å². The summed E-state index contributed by atoms with van der Waals surface area (Å²) in [6.45, 7) is 3.59. The highest BCUT2D eigenvalue weighted by molar-refractivity contribution is 5.54. The van der Waals surface area contributed by atoms with Crippen molar-refractivity contribution in [3.05, 3.63) is 42.0 Å². The maximum atomic E-state index is 9.29. The second-order valence-electron chi connectivity index (χ2n) is 6.36. The van der Waals surface area contributed by atoms with Crippen molar-refractivity contribution in [2.75, 3.05) is 36.0 Å². The Kier molecular flexibility index (Phi) is 3.99. The molecule has 1 aliphatic carbocycles. The summed E-state index contributed by atoms with van der Waals surface area (Å²) in [5, 5.41) is 9.29. The predicted molar refractivity (Wildman–Crippen MR) is 92.0 cm³/mol. The van der Waals surface area contributed by atoms with Crippen molar-refractivity contribution < 1.29 is 0 Å². The summed E-state index contributed by atoms with van der Waals surface area (Å²) < 4.78 is 0. The summed E-state index contributed by atoms with van der Waals surface area (Å²) in [5.41, 5.74) is 0.643. The van der Waals surface area contributed by atoms with Gasteiger partial charge in [0.25, 0.3) is 0 Å². The molecule has 3 heterocycles. The van der Waals surface area contributed by atoms with Crippen molar-refractivity contribution >= 4 is 11.6 Å². The lowest BCUT2D eigenvalue weighted by atomic mass is 10.2. The van der Waals surface area contributed by atoms with Gasteiger partial charge in [0, 0.05) is 44.5 Å². The molecule has 0 spiro atoms. The van der Waals surface area contributed by atoms with Gasteiger partial charge in [0.1, 0.15) is 23.5 Å². The lowest BCUT2D eigenvalue weighted by Gasteiger charge is -2.24. The number of aromatic nitrogens is 3. The van der Waals surface area contributed by atoms with Crippen LogP contribution in [-0.2, 0) is 0 Å². The summed E-state index contributed by atoms with van der Waals surface area (Å²) in [7, 11) is 0. The van der Waals surface area contributed by atoms with Crippen LogP contribution >= 0.6 is 0 Å². The number of hydrogen-bond donors (Lipinski definition) is 0. The van der Waals surface area contributed by atoms with Crippen LogP contribution in [0.15, 0.2) is 30.6 Å². The van der Waals surface area contributed by atoms with E-state index < -0.39 is 0 Å². The zero-order chi connectivity index (χ0) is 16.4. The molecule has 1 aliphatic heterocycles. The molecule has 2 fully saturated rings. The van der Waals surface area contributed by atoms with E-state index in [9.17, 15) is 5.26 Å². The molecule has 0 amide bonds. The molecule has 0 aromatic carbocycles. The Hall–Kier alpha value is -2.68. The van der Waals surface area contributed by atoms with Crippen LogP contribution in [0.2, 0.25) is 0 Å². The van der Waals surface area contributed by atoms with Crippen LogP contribution in [0.25, 0.3) is 0 Å². The number of hydrogen-bond acceptors (Lipinski definition) is 6. The zero-order valence-electron chi connectivity index (χ0n) is 13.6. The molecule has 0 radical (unpaired) electrons. The Morgan fingerprint density at radius 2 is 1.83 bits per heavy atom. The second kappa shape index (κ2) is 6.44. The lowest BCUT2D eigenvalue weighted by molar-refractivity contribution is 0.784. The van der Waals surface area contributed by atoms with E-state index in [0.717, 1.165) is 50.1 Å². The van der Waals surface area contributed by atoms with Gasteiger partial charge in [-0.1, -0.05) is 0 Å². The van der Waals surface area contributed by atoms with Crippen LogP contribution in [0, 0.1) is 11.3 Å². The molecule has 4 rings (SSSR count). The van der Waals surface area contributed by atoms with E-state index in [2.05, 4.69) is 25.8 Å². The van der Waals surface area contributed by atoms with Gasteiger partial charge in [-0.25, -0.2) is 15.0 Å². The highest BCUT2D eigenvalue weighted by Crippen LogP contribution is 2.38. The van der Waals surface area contributed by atoms with Crippen molar-refractivity contribution in [3.63, 3.8) is 0 Å². The molecule has 24 heavy (non-hydrogen) atoms. The normalized spacial score (nSPS) is 18.1. The summed E-state index contributed by atoms with van der Waals surface area (Å²) >= 11 is 0. The lowest BCUT2D eigenvalue weighted by Crippen LogP contribution is -2.32. The number of rotatable bonds is 3. The van der Waals surface area contributed by atoms with Gasteiger partial charge in [-0.2, -0.15) is 5.26 Å². The Morgan fingerprint density at radius 3 is 2.67 bits per heavy atom. The van der Waals surface area contributed by atoms with Crippen LogP contribution in [0.4, 0.5) is 11.6 Å². The van der Waals surface area contributed by atoms with Gasteiger partial charge in [-0.3, -0.25) is 0 Å². The highest BCUT2D eigenvalue weighted by Gasteiger charge is 2.27. The molecule has 1 saturated heterocycles.